The molecule has 0 spiro atoms. The van der Waals surface area contributed by atoms with E-state index >= 15 is 0 Å². The van der Waals surface area contributed by atoms with E-state index < -0.39 is 0 Å². The Balaban J connectivity index is 1.83. The van der Waals surface area contributed by atoms with E-state index in [9.17, 15) is 0 Å². The van der Waals surface area contributed by atoms with Crippen molar-refractivity contribution >= 4 is 0 Å². The van der Waals surface area contributed by atoms with Crippen molar-refractivity contribution in [2.75, 3.05) is 6.61 Å². The fourth-order valence-corrected chi connectivity index (χ4v) is 4.91. The van der Waals surface area contributed by atoms with Crippen molar-refractivity contribution in [3.8, 4) is 0 Å². The Morgan fingerprint density at radius 2 is 1.94 bits per heavy atom. The summed E-state index contributed by atoms with van der Waals surface area (Å²) in [6, 6.07) is 0. The topological polar surface area (TPSA) is 9.23 Å². The average molecular weight is 222 g/mol. The van der Waals surface area contributed by atoms with E-state index in [1.165, 1.54) is 57.8 Å². The molecule has 0 aromatic heterocycles. The molecule has 4 atom stereocenters. The van der Waals surface area contributed by atoms with Crippen LogP contribution < -0.4 is 0 Å². The molecule has 0 N–H and O–H groups in total. The van der Waals surface area contributed by atoms with Gasteiger partial charge in [-0.15, -0.1) is 0 Å². The molecule has 1 nitrogen and oxygen atoms in total. The van der Waals surface area contributed by atoms with Gasteiger partial charge in [-0.2, -0.15) is 0 Å². The lowest BCUT2D eigenvalue weighted by atomic mass is 9.57. The summed E-state index contributed by atoms with van der Waals surface area (Å²) in [6.07, 6.45) is 12.8. The Morgan fingerprint density at radius 3 is 2.81 bits per heavy atom. The Labute approximate surface area is 99.9 Å². The summed E-state index contributed by atoms with van der Waals surface area (Å²) in [5.41, 5.74) is 0.302. The van der Waals surface area contributed by atoms with Gasteiger partial charge in [0.1, 0.15) is 0 Å². The van der Waals surface area contributed by atoms with E-state index in [2.05, 4.69) is 6.92 Å². The van der Waals surface area contributed by atoms with Gasteiger partial charge in [-0.05, 0) is 56.3 Å². The van der Waals surface area contributed by atoms with Gasteiger partial charge in [0, 0.05) is 6.61 Å². The fourth-order valence-electron chi connectivity index (χ4n) is 4.91. The van der Waals surface area contributed by atoms with Crippen molar-refractivity contribution in [1.29, 1.82) is 0 Å². The highest BCUT2D eigenvalue weighted by Gasteiger charge is 2.50. The first-order chi connectivity index (χ1) is 7.86. The third-order valence-corrected chi connectivity index (χ3v) is 5.75. The Morgan fingerprint density at radius 1 is 1.06 bits per heavy atom. The molecule has 3 fully saturated rings. The molecule has 3 rings (SSSR count). The normalized spacial score (nSPS) is 48.2. The molecule has 1 heteroatoms. The van der Waals surface area contributed by atoms with Gasteiger partial charge in [0.2, 0.25) is 0 Å². The molecule has 1 aliphatic heterocycles. The molecule has 0 aromatic rings. The van der Waals surface area contributed by atoms with Gasteiger partial charge in [-0.3, -0.25) is 0 Å². The third-order valence-electron chi connectivity index (χ3n) is 5.75. The van der Waals surface area contributed by atoms with E-state index in [1.807, 2.05) is 0 Å². The second-order valence-corrected chi connectivity index (χ2v) is 6.26. The molecule has 16 heavy (non-hydrogen) atoms. The molecule has 4 unspecified atom stereocenters. The van der Waals surface area contributed by atoms with E-state index in [-0.39, 0.29) is 0 Å². The number of ether oxygens (including phenoxy) is 1. The monoisotopic (exact) mass is 222 g/mol. The first kappa shape index (κ1) is 11.1. The van der Waals surface area contributed by atoms with Crippen LogP contribution in [0.25, 0.3) is 0 Å². The molecule has 1 heterocycles. The highest BCUT2D eigenvalue weighted by Crippen LogP contribution is 2.53. The smallest absolute Gasteiger partial charge is 0.0710 e. The molecule has 2 saturated carbocycles. The number of hydrogen-bond donors (Lipinski definition) is 0. The van der Waals surface area contributed by atoms with E-state index in [4.69, 9.17) is 4.74 Å². The minimum Gasteiger partial charge on any atom is -0.375 e. The summed E-state index contributed by atoms with van der Waals surface area (Å²) in [5.74, 6) is 2.98. The first-order valence-electron chi connectivity index (χ1n) is 7.50. The Bertz CT molecular complexity index is 250. The zero-order valence-corrected chi connectivity index (χ0v) is 10.7. The SMILES string of the molecule is CCC12CCC3CCCCC3C1CCCO2. The summed E-state index contributed by atoms with van der Waals surface area (Å²) < 4.78 is 6.27. The van der Waals surface area contributed by atoms with Crippen LogP contribution in [0.1, 0.15) is 64.7 Å². The lowest BCUT2D eigenvalue weighted by Crippen LogP contribution is -2.53. The highest BCUT2D eigenvalue weighted by molar-refractivity contribution is 5.00. The van der Waals surface area contributed by atoms with Crippen molar-refractivity contribution < 1.29 is 4.74 Å². The van der Waals surface area contributed by atoms with Crippen LogP contribution in [0.3, 0.4) is 0 Å². The molecule has 0 radical (unpaired) electrons. The lowest BCUT2D eigenvalue weighted by molar-refractivity contribution is -0.175. The van der Waals surface area contributed by atoms with Crippen molar-refractivity contribution in [2.45, 2.75) is 70.3 Å². The highest BCUT2D eigenvalue weighted by atomic mass is 16.5. The van der Waals surface area contributed by atoms with Crippen LogP contribution >= 0.6 is 0 Å². The number of hydrogen-bond acceptors (Lipinski definition) is 1. The first-order valence-corrected chi connectivity index (χ1v) is 7.50. The van der Waals surface area contributed by atoms with Crippen molar-refractivity contribution in [1.82, 2.24) is 0 Å². The van der Waals surface area contributed by atoms with Crippen molar-refractivity contribution in [3.63, 3.8) is 0 Å². The van der Waals surface area contributed by atoms with Gasteiger partial charge >= 0.3 is 0 Å². The Hall–Kier alpha value is -0.0400. The van der Waals surface area contributed by atoms with Crippen LogP contribution in [0.4, 0.5) is 0 Å². The molecular formula is C15H26O. The number of rotatable bonds is 1. The maximum Gasteiger partial charge on any atom is 0.0710 e. The quantitative estimate of drug-likeness (QED) is 0.647. The molecule has 0 bridgehead atoms. The second kappa shape index (κ2) is 4.33. The molecule has 2 aliphatic carbocycles. The molecule has 3 aliphatic rings. The maximum atomic E-state index is 6.27. The van der Waals surface area contributed by atoms with Crippen molar-refractivity contribution in [3.05, 3.63) is 0 Å². The zero-order valence-electron chi connectivity index (χ0n) is 10.7. The third kappa shape index (κ3) is 1.63. The molecule has 1 saturated heterocycles. The minimum absolute atomic E-state index is 0.302. The van der Waals surface area contributed by atoms with Crippen LogP contribution in [0, 0.1) is 17.8 Å². The fraction of sp³-hybridized carbons (Fsp3) is 1.00. The lowest BCUT2D eigenvalue weighted by Gasteiger charge is -2.54. The van der Waals surface area contributed by atoms with Gasteiger partial charge in [-0.25, -0.2) is 0 Å². The van der Waals surface area contributed by atoms with Crippen LogP contribution in [-0.4, -0.2) is 12.2 Å². The largest absolute Gasteiger partial charge is 0.375 e. The van der Waals surface area contributed by atoms with E-state index in [1.54, 1.807) is 0 Å². The summed E-state index contributed by atoms with van der Waals surface area (Å²) in [7, 11) is 0. The van der Waals surface area contributed by atoms with E-state index in [0.29, 0.717) is 5.60 Å². The van der Waals surface area contributed by atoms with Crippen LogP contribution in [0.5, 0.6) is 0 Å². The number of fused-ring (bicyclic) bond motifs is 3. The molecule has 0 aromatic carbocycles. The predicted molar refractivity (Wildman–Crippen MR) is 66.4 cm³/mol. The Kier molecular flexibility index (Phi) is 2.99. The molecule has 92 valence electrons. The summed E-state index contributed by atoms with van der Waals surface area (Å²) in [6.45, 7) is 3.38. The molecular weight excluding hydrogens is 196 g/mol. The maximum absolute atomic E-state index is 6.27. The zero-order chi connectivity index (χ0) is 11.0. The van der Waals surface area contributed by atoms with Crippen molar-refractivity contribution in [2.24, 2.45) is 17.8 Å². The van der Waals surface area contributed by atoms with Gasteiger partial charge < -0.3 is 4.74 Å². The van der Waals surface area contributed by atoms with Gasteiger partial charge in [-0.1, -0.05) is 26.2 Å². The van der Waals surface area contributed by atoms with Crippen LogP contribution in [0.15, 0.2) is 0 Å². The average Bonchev–Trinajstić information content (AvgIpc) is 2.38. The molecule has 0 amide bonds. The van der Waals surface area contributed by atoms with E-state index in [0.717, 1.165) is 24.4 Å². The van der Waals surface area contributed by atoms with Crippen LogP contribution in [0.2, 0.25) is 0 Å². The predicted octanol–water partition coefficient (Wildman–Crippen LogP) is 4.16. The second-order valence-electron chi connectivity index (χ2n) is 6.26. The summed E-state index contributed by atoms with van der Waals surface area (Å²) >= 11 is 0. The summed E-state index contributed by atoms with van der Waals surface area (Å²) in [5, 5.41) is 0. The van der Waals surface area contributed by atoms with Gasteiger partial charge in [0.25, 0.3) is 0 Å². The minimum atomic E-state index is 0.302. The van der Waals surface area contributed by atoms with Gasteiger partial charge in [0.15, 0.2) is 0 Å². The van der Waals surface area contributed by atoms with Gasteiger partial charge in [0.05, 0.1) is 5.60 Å². The summed E-state index contributed by atoms with van der Waals surface area (Å²) in [4.78, 5) is 0. The standard InChI is InChI=1S/C15H26O/c1-2-15-10-9-12-6-3-4-7-13(12)14(15)8-5-11-16-15/h12-14H,2-11H2,1H3. The van der Waals surface area contributed by atoms with Crippen LogP contribution in [-0.2, 0) is 4.74 Å².